The Morgan fingerprint density at radius 3 is 2.25 bits per heavy atom. The highest BCUT2D eigenvalue weighted by atomic mass is 127. The third-order valence-electron chi connectivity index (χ3n) is 2.18. The fraction of sp³-hybridized carbons (Fsp3) is 0.455. The lowest BCUT2D eigenvalue weighted by atomic mass is 9.99. The lowest BCUT2D eigenvalue weighted by molar-refractivity contribution is 0.589. The average molecular weight is 274 g/mol. The van der Waals surface area contributed by atoms with E-state index < -0.39 is 0 Å². The molecule has 0 aliphatic carbocycles. The van der Waals surface area contributed by atoms with Crippen LogP contribution in [0.1, 0.15) is 19.4 Å². The molecule has 2 atom stereocenters. The van der Waals surface area contributed by atoms with Gasteiger partial charge in [-0.1, -0.05) is 66.8 Å². The summed E-state index contributed by atoms with van der Waals surface area (Å²) in [5.74, 6) is 0.771. The van der Waals surface area contributed by atoms with Crippen LogP contribution in [0.3, 0.4) is 0 Å². The highest BCUT2D eigenvalue weighted by Crippen LogP contribution is 2.17. The van der Waals surface area contributed by atoms with Crippen LogP contribution in [0.2, 0.25) is 0 Å². The molecule has 1 aromatic rings. The summed E-state index contributed by atoms with van der Waals surface area (Å²) < 4.78 is 0.753. The van der Waals surface area contributed by atoms with Crippen molar-refractivity contribution in [2.75, 3.05) is 0 Å². The predicted octanol–water partition coefficient (Wildman–Crippen LogP) is 3.69. The van der Waals surface area contributed by atoms with Gasteiger partial charge in [-0.25, -0.2) is 0 Å². The lowest BCUT2D eigenvalue weighted by Gasteiger charge is -2.13. The maximum Gasteiger partial charge on any atom is 0.0110 e. The molecule has 66 valence electrons. The molecule has 1 heteroatoms. The molecular weight excluding hydrogens is 259 g/mol. The van der Waals surface area contributed by atoms with Crippen LogP contribution in [0.4, 0.5) is 0 Å². The van der Waals surface area contributed by atoms with Gasteiger partial charge < -0.3 is 0 Å². The van der Waals surface area contributed by atoms with Crippen LogP contribution in [-0.4, -0.2) is 3.92 Å². The molecule has 0 N–H and O–H groups in total. The molecule has 0 heterocycles. The second-order valence-corrected chi connectivity index (χ2v) is 5.31. The normalized spacial score (nSPS) is 15.6. The van der Waals surface area contributed by atoms with Gasteiger partial charge in [0.25, 0.3) is 0 Å². The van der Waals surface area contributed by atoms with Crippen LogP contribution in [0, 0.1) is 5.92 Å². The largest absolute Gasteiger partial charge is 0.0826 e. The van der Waals surface area contributed by atoms with Crippen molar-refractivity contribution in [3.05, 3.63) is 35.9 Å². The van der Waals surface area contributed by atoms with Crippen LogP contribution in [-0.2, 0) is 6.42 Å². The minimum atomic E-state index is 0.753. The Bertz CT molecular complexity index is 216. The van der Waals surface area contributed by atoms with Crippen molar-refractivity contribution in [2.24, 2.45) is 5.92 Å². The molecular formula is C11H15I. The summed E-state index contributed by atoms with van der Waals surface area (Å²) in [6, 6.07) is 10.7. The molecule has 0 radical (unpaired) electrons. The zero-order valence-corrected chi connectivity index (χ0v) is 9.78. The summed E-state index contributed by atoms with van der Waals surface area (Å²) in [7, 11) is 0. The van der Waals surface area contributed by atoms with E-state index in [0.29, 0.717) is 0 Å². The van der Waals surface area contributed by atoms with Crippen molar-refractivity contribution in [2.45, 2.75) is 24.2 Å². The van der Waals surface area contributed by atoms with Gasteiger partial charge in [-0.3, -0.25) is 0 Å². The first-order valence-corrected chi connectivity index (χ1v) is 5.62. The standard InChI is InChI=1S/C11H15I/c1-9(10(2)12)8-11-6-4-3-5-7-11/h3-7,9-10H,8H2,1-2H3/t9-,10+/m1/s1. The topological polar surface area (TPSA) is 0 Å². The number of hydrogen-bond acceptors (Lipinski definition) is 0. The van der Waals surface area contributed by atoms with E-state index >= 15 is 0 Å². The van der Waals surface area contributed by atoms with E-state index in [1.165, 1.54) is 12.0 Å². The second-order valence-electron chi connectivity index (χ2n) is 3.34. The Morgan fingerprint density at radius 1 is 1.17 bits per heavy atom. The molecule has 0 bridgehead atoms. The Kier molecular flexibility index (Phi) is 4.06. The summed E-state index contributed by atoms with van der Waals surface area (Å²) in [6.45, 7) is 4.58. The summed E-state index contributed by atoms with van der Waals surface area (Å²) in [4.78, 5) is 0. The molecule has 1 rings (SSSR count). The van der Waals surface area contributed by atoms with Crippen molar-refractivity contribution in [3.63, 3.8) is 0 Å². The SMILES string of the molecule is C[C@H](I)[C@H](C)Cc1ccccc1. The van der Waals surface area contributed by atoms with E-state index in [0.717, 1.165) is 9.84 Å². The molecule has 0 aromatic heterocycles. The van der Waals surface area contributed by atoms with Crippen molar-refractivity contribution < 1.29 is 0 Å². The second kappa shape index (κ2) is 4.85. The summed E-state index contributed by atoms with van der Waals surface area (Å²) in [5.41, 5.74) is 1.45. The van der Waals surface area contributed by atoms with E-state index in [1.54, 1.807) is 0 Å². The number of halogens is 1. The van der Waals surface area contributed by atoms with Gasteiger partial charge >= 0.3 is 0 Å². The quantitative estimate of drug-likeness (QED) is 0.582. The first kappa shape index (κ1) is 10.0. The highest BCUT2D eigenvalue weighted by molar-refractivity contribution is 14.1. The van der Waals surface area contributed by atoms with Gasteiger partial charge in [-0.05, 0) is 17.9 Å². The summed E-state index contributed by atoms with van der Waals surface area (Å²) in [5, 5.41) is 0. The van der Waals surface area contributed by atoms with Gasteiger partial charge in [0.1, 0.15) is 0 Å². The Labute approximate surface area is 88.5 Å². The van der Waals surface area contributed by atoms with Crippen LogP contribution in [0.5, 0.6) is 0 Å². The molecule has 12 heavy (non-hydrogen) atoms. The minimum absolute atomic E-state index is 0.753. The monoisotopic (exact) mass is 274 g/mol. The van der Waals surface area contributed by atoms with Gasteiger partial charge in [-0.2, -0.15) is 0 Å². The lowest BCUT2D eigenvalue weighted by Crippen LogP contribution is -2.09. The third kappa shape index (κ3) is 3.13. The number of hydrogen-bond donors (Lipinski definition) is 0. The zero-order chi connectivity index (χ0) is 8.97. The number of alkyl halides is 1. The molecule has 0 nitrogen and oxygen atoms in total. The van der Waals surface area contributed by atoms with E-state index in [9.17, 15) is 0 Å². The molecule has 0 aliphatic heterocycles. The Hall–Kier alpha value is -0.0500. The van der Waals surface area contributed by atoms with E-state index in [1.807, 2.05) is 0 Å². The number of benzene rings is 1. The van der Waals surface area contributed by atoms with Crippen LogP contribution < -0.4 is 0 Å². The maximum atomic E-state index is 2.50. The molecule has 0 unspecified atom stereocenters. The molecule has 0 saturated carbocycles. The number of rotatable bonds is 3. The van der Waals surface area contributed by atoms with Crippen LogP contribution in [0.25, 0.3) is 0 Å². The smallest absolute Gasteiger partial charge is 0.0110 e. The molecule has 1 aromatic carbocycles. The van der Waals surface area contributed by atoms with E-state index in [4.69, 9.17) is 0 Å². The van der Waals surface area contributed by atoms with Gasteiger partial charge in [0, 0.05) is 3.92 Å². The van der Waals surface area contributed by atoms with Gasteiger partial charge in [0.15, 0.2) is 0 Å². The van der Waals surface area contributed by atoms with Crippen LogP contribution in [0.15, 0.2) is 30.3 Å². The fourth-order valence-electron chi connectivity index (χ4n) is 1.15. The Morgan fingerprint density at radius 2 is 1.75 bits per heavy atom. The first-order chi connectivity index (χ1) is 5.70. The van der Waals surface area contributed by atoms with Crippen molar-refractivity contribution in [1.82, 2.24) is 0 Å². The third-order valence-corrected chi connectivity index (χ3v) is 3.41. The van der Waals surface area contributed by atoms with E-state index in [2.05, 4.69) is 66.8 Å². The first-order valence-electron chi connectivity index (χ1n) is 4.38. The molecule has 0 amide bonds. The van der Waals surface area contributed by atoms with Crippen LogP contribution >= 0.6 is 22.6 Å². The molecule has 0 fully saturated rings. The molecule has 0 saturated heterocycles. The highest BCUT2D eigenvalue weighted by Gasteiger charge is 2.08. The summed E-state index contributed by atoms with van der Waals surface area (Å²) in [6.07, 6.45) is 1.20. The molecule has 0 aliphatic rings. The van der Waals surface area contributed by atoms with Gasteiger partial charge in [0.05, 0.1) is 0 Å². The predicted molar refractivity (Wildman–Crippen MR) is 62.8 cm³/mol. The maximum absolute atomic E-state index is 2.50. The average Bonchev–Trinajstić information content (AvgIpc) is 2.06. The summed E-state index contributed by atoms with van der Waals surface area (Å²) >= 11 is 2.50. The van der Waals surface area contributed by atoms with Crippen molar-refractivity contribution in [1.29, 1.82) is 0 Å². The fourth-order valence-corrected chi connectivity index (χ4v) is 1.40. The van der Waals surface area contributed by atoms with Crippen molar-refractivity contribution in [3.8, 4) is 0 Å². The Balaban J connectivity index is 2.53. The minimum Gasteiger partial charge on any atom is -0.0826 e. The van der Waals surface area contributed by atoms with Gasteiger partial charge in [0.2, 0.25) is 0 Å². The zero-order valence-electron chi connectivity index (χ0n) is 7.63. The van der Waals surface area contributed by atoms with Crippen molar-refractivity contribution >= 4 is 22.6 Å². The molecule has 0 spiro atoms. The van der Waals surface area contributed by atoms with Gasteiger partial charge in [-0.15, -0.1) is 0 Å². The van der Waals surface area contributed by atoms with E-state index in [-0.39, 0.29) is 0 Å².